The van der Waals surface area contributed by atoms with E-state index in [1.54, 1.807) is 0 Å². The van der Waals surface area contributed by atoms with Crippen LogP contribution in [-0.2, 0) is 18.8 Å². The lowest BCUT2D eigenvalue weighted by atomic mass is 9.72. The molecule has 0 spiro atoms. The van der Waals surface area contributed by atoms with Crippen molar-refractivity contribution < 1.29 is 18.8 Å². The van der Waals surface area contributed by atoms with Crippen molar-refractivity contribution in [3.63, 3.8) is 0 Å². The summed E-state index contributed by atoms with van der Waals surface area (Å²) < 4.78 is 24.3. The van der Waals surface area contributed by atoms with E-state index in [1.165, 1.54) is 0 Å². The van der Waals surface area contributed by atoms with Crippen molar-refractivity contribution in [1.82, 2.24) is 14.9 Å². The molecule has 4 heterocycles. The third-order valence-corrected chi connectivity index (χ3v) is 7.21. The van der Waals surface area contributed by atoms with Crippen molar-refractivity contribution in [3.8, 4) is 0 Å². The van der Waals surface area contributed by atoms with Crippen molar-refractivity contribution in [2.45, 2.75) is 76.4 Å². The number of morpholine rings is 1. The van der Waals surface area contributed by atoms with E-state index < -0.39 is 0 Å². The van der Waals surface area contributed by atoms with Crippen LogP contribution in [0.1, 0.15) is 41.5 Å². The van der Waals surface area contributed by atoms with Crippen molar-refractivity contribution in [2.75, 3.05) is 46.4 Å². The second kappa shape index (κ2) is 6.66. The van der Waals surface area contributed by atoms with Gasteiger partial charge in [-0.05, 0) is 41.5 Å². The van der Waals surface area contributed by atoms with Crippen LogP contribution in [0.5, 0.6) is 0 Å². The van der Waals surface area contributed by atoms with Crippen LogP contribution >= 0.6 is 0 Å². The molecule has 0 aromatic carbocycles. The molecule has 8 heteroatoms. The van der Waals surface area contributed by atoms with Gasteiger partial charge >= 0.3 is 7.12 Å². The Hall–Kier alpha value is -0.215. The monoisotopic (exact) mass is 381 g/mol. The summed E-state index contributed by atoms with van der Waals surface area (Å²) in [6.07, 6.45) is 0.434. The fourth-order valence-electron chi connectivity index (χ4n) is 4.66. The number of hydrazine groups is 1. The molecule has 154 valence electrons. The Labute approximate surface area is 164 Å². The van der Waals surface area contributed by atoms with Gasteiger partial charge in [0.05, 0.1) is 30.0 Å². The van der Waals surface area contributed by atoms with Gasteiger partial charge in [0.15, 0.2) is 0 Å². The molecule has 4 aliphatic heterocycles. The molecular weight excluding hydrogens is 345 g/mol. The molecule has 4 fully saturated rings. The highest BCUT2D eigenvalue weighted by atomic mass is 16.7. The van der Waals surface area contributed by atoms with E-state index in [2.05, 4.69) is 63.5 Å². The van der Waals surface area contributed by atoms with Crippen molar-refractivity contribution in [2.24, 2.45) is 0 Å². The first kappa shape index (κ1) is 20.1. The summed E-state index contributed by atoms with van der Waals surface area (Å²) in [5.74, 6) is 0.330. The lowest BCUT2D eigenvalue weighted by Gasteiger charge is -2.39. The van der Waals surface area contributed by atoms with Gasteiger partial charge in [0, 0.05) is 39.0 Å². The van der Waals surface area contributed by atoms with Crippen LogP contribution in [0.2, 0.25) is 5.82 Å². The van der Waals surface area contributed by atoms with Gasteiger partial charge in [0.1, 0.15) is 12.3 Å². The van der Waals surface area contributed by atoms with E-state index in [1.807, 2.05) is 0 Å². The summed E-state index contributed by atoms with van der Waals surface area (Å²) in [6, 6.07) is 0. The number of ether oxygens (including phenoxy) is 2. The van der Waals surface area contributed by atoms with Crippen LogP contribution in [0.25, 0.3) is 0 Å². The zero-order valence-electron chi connectivity index (χ0n) is 18.0. The average Bonchev–Trinajstić information content (AvgIpc) is 3.25. The van der Waals surface area contributed by atoms with Crippen LogP contribution in [0, 0.1) is 0 Å². The summed E-state index contributed by atoms with van der Waals surface area (Å²) in [5, 5.41) is 4.78. The maximum Gasteiger partial charge on any atom is 0.463 e. The maximum atomic E-state index is 6.32. The topological polar surface area (TPSA) is 49.9 Å². The zero-order valence-corrected chi connectivity index (χ0v) is 18.0. The number of epoxide rings is 1. The first-order chi connectivity index (χ1) is 12.5. The molecule has 0 N–H and O–H groups in total. The number of hydrogen-bond acceptors (Lipinski definition) is 7. The van der Waals surface area contributed by atoms with Gasteiger partial charge in [-0.15, -0.1) is 0 Å². The van der Waals surface area contributed by atoms with Crippen molar-refractivity contribution >= 4 is 7.12 Å². The maximum absolute atomic E-state index is 6.32. The molecule has 3 atom stereocenters. The Morgan fingerprint density at radius 2 is 1.56 bits per heavy atom. The van der Waals surface area contributed by atoms with Gasteiger partial charge in [0.25, 0.3) is 0 Å². The Balaban J connectivity index is 1.40. The van der Waals surface area contributed by atoms with E-state index in [0.717, 1.165) is 39.4 Å². The van der Waals surface area contributed by atoms with Gasteiger partial charge in [-0.25, -0.2) is 10.0 Å². The molecule has 0 amide bonds. The van der Waals surface area contributed by atoms with Crippen molar-refractivity contribution in [1.29, 1.82) is 0 Å². The molecule has 0 aliphatic carbocycles. The fraction of sp³-hybridized carbons (Fsp3) is 1.00. The molecule has 0 bridgehead atoms. The molecule has 0 aromatic heterocycles. The Morgan fingerprint density at radius 3 is 2.15 bits per heavy atom. The van der Waals surface area contributed by atoms with Crippen LogP contribution in [0.4, 0.5) is 0 Å². The van der Waals surface area contributed by atoms with E-state index in [9.17, 15) is 0 Å². The number of rotatable bonds is 4. The van der Waals surface area contributed by atoms with E-state index in [4.69, 9.17) is 18.8 Å². The molecule has 4 aliphatic rings. The van der Waals surface area contributed by atoms with Gasteiger partial charge < -0.3 is 18.8 Å². The van der Waals surface area contributed by atoms with Crippen LogP contribution in [0.3, 0.4) is 0 Å². The first-order valence-corrected chi connectivity index (χ1v) is 10.3. The van der Waals surface area contributed by atoms with Crippen LogP contribution in [0.15, 0.2) is 0 Å². The highest BCUT2D eigenvalue weighted by Crippen LogP contribution is 2.45. The summed E-state index contributed by atoms with van der Waals surface area (Å²) >= 11 is 0. The fourth-order valence-corrected chi connectivity index (χ4v) is 4.66. The van der Waals surface area contributed by atoms with Crippen LogP contribution < -0.4 is 0 Å². The average molecular weight is 381 g/mol. The molecule has 4 saturated heterocycles. The minimum Gasteiger partial charge on any atom is -0.403 e. The molecule has 3 unspecified atom stereocenters. The second-order valence-corrected chi connectivity index (χ2v) is 10.1. The normalized spacial score (nSPS) is 37.9. The number of hydrogen-bond donors (Lipinski definition) is 0. The molecule has 27 heavy (non-hydrogen) atoms. The number of nitrogens with zero attached hydrogens (tertiary/aromatic N) is 3. The third-order valence-electron chi connectivity index (χ3n) is 7.21. The first-order valence-electron chi connectivity index (χ1n) is 10.3. The quantitative estimate of drug-likeness (QED) is 0.540. The largest absolute Gasteiger partial charge is 0.463 e. The van der Waals surface area contributed by atoms with E-state index >= 15 is 0 Å². The zero-order chi connectivity index (χ0) is 19.6. The van der Waals surface area contributed by atoms with Gasteiger partial charge in [-0.3, -0.25) is 4.90 Å². The molecule has 7 nitrogen and oxygen atoms in total. The Morgan fingerprint density at radius 1 is 0.963 bits per heavy atom. The van der Waals surface area contributed by atoms with Crippen LogP contribution in [-0.4, -0.2) is 97.5 Å². The summed E-state index contributed by atoms with van der Waals surface area (Å²) in [4.78, 5) is 2.41. The van der Waals surface area contributed by atoms with Gasteiger partial charge in [0.2, 0.25) is 0 Å². The molecular formula is C19H36BN3O4. The highest BCUT2D eigenvalue weighted by Gasteiger charge is 2.60. The Kier molecular flexibility index (Phi) is 4.95. The van der Waals surface area contributed by atoms with Gasteiger partial charge in [-0.2, -0.15) is 0 Å². The van der Waals surface area contributed by atoms with Gasteiger partial charge in [-0.1, -0.05) is 0 Å². The minimum atomic E-state index is -0.278. The second-order valence-electron chi connectivity index (χ2n) is 10.1. The minimum absolute atomic E-state index is 0.0733. The third kappa shape index (κ3) is 3.48. The summed E-state index contributed by atoms with van der Waals surface area (Å²) in [5.41, 5.74) is -0.628. The van der Waals surface area contributed by atoms with Crippen molar-refractivity contribution in [3.05, 3.63) is 0 Å². The predicted molar refractivity (Wildman–Crippen MR) is 104 cm³/mol. The lowest BCUT2D eigenvalue weighted by molar-refractivity contribution is -0.0497. The molecule has 0 aromatic rings. The van der Waals surface area contributed by atoms with E-state index in [-0.39, 0.29) is 36.2 Å². The van der Waals surface area contributed by atoms with E-state index in [0.29, 0.717) is 5.82 Å². The SMILES string of the molecule is CN1CC(B2OC(C)(C)C(C)(C)O2)CN1C(C)(C)C1OC1N1CCOCC1. The molecule has 0 saturated carbocycles. The summed E-state index contributed by atoms with van der Waals surface area (Å²) in [6.45, 7) is 18.5. The highest BCUT2D eigenvalue weighted by molar-refractivity contribution is 6.47. The lowest BCUT2D eigenvalue weighted by Crippen LogP contribution is -2.54. The predicted octanol–water partition coefficient (Wildman–Crippen LogP) is 1.45. The smallest absolute Gasteiger partial charge is 0.403 e. The molecule has 0 radical (unpaired) electrons. The Bertz CT molecular complexity index is 551. The summed E-state index contributed by atoms with van der Waals surface area (Å²) in [7, 11) is 2.01. The molecule has 4 rings (SSSR count). The standard InChI is InChI=1S/C19H36BN3O4/c1-17(2,15-16(25-15)22-8-10-24-11-9-22)23-13-14(12-21(23)7)20-26-18(3,4)19(5,6)27-20/h14-16H,8-13H2,1-7H3.